The summed E-state index contributed by atoms with van der Waals surface area (Å²) in [7, 11) is 4.11. The number of Topliss-reactive ketones (excluding diaryl/α,β-unsaturated/α-hetero) is 1. The van der Waals surface area contributed by atoms with E-state index in [9.17, 15) is 9.59 Å². The van der Waals surface area contributed by atoms with Gasteiger partial charge in [0.05, 0.1) is 16.4 Å². The molecule has 0 aromatic heterocycles. The van der Waals surface area contributed by atoms with E-state index < -0.39 is 0 Å². The SMILES string of the molecule is CN(C)CCN1CCN(C(=O)CCC(=O)c2ccccc2Cl)c2ccccc21. The number of anilines is 2. The Bertz CT molecular complexity index is 853. The van der Waals surface area contributed by atoms with Crippen LogP contribution >= 0.6 is 11.6 Å². The fourth-order valence-electron chi connectivity index (χ4n) is 3.41. The number of ketones is 1. The van der Waals surface area contributed by atoms with Crippen molar-refractivity contribution < 1.29 is 9.59 Å². The molecule has 0 bridgehead atoms. The summed E-state index contributed by atoms with van der Waals surface area (Å²) in [5.74, 6) is -0.128. The monoisotopic (exact) mass is 399 g/mol. The molecule has 1 aliphatic heterocycles. The van der Waals surface area contributed by atoms with E-state index in [-0.39, 0.29) is 24.5 Å². The molecule has 1 aliphatic rings. The van der Waals surface area contributed by atoms with E-state index in [4.69, 9.17) is 11.6 Å². The number of fused-ring (bicyclic) bond motifs is 1. The number of hydrogen-bond donors (Lipinski definition) is 0. The van der Waals surface area contributed by atoms with E-state index in [2.05, 4.69) is 30.0 Å². The number of para-hydroxylation sites is 2. The molecule has 1 amide bonds. The smallest absolute Gasteiger partial charge is 0.227 e. The number of benzene rings is 2. The van der Waals surface area contributed by atoms with E-state index in [1.165, 1.54) is 0 Å². The average Bonchev–Trinajstić information content (AvgIpc) is 2.70. The second-order valence-electron chi connectivity index (χ2n) is 7.23. The highest BCUT2D eigenvalue weighted by Gasteiger charge is 2.26. The van der Waals surface area contributed by atoms with Crippen LogP contribution in [0, 0.1) is 0 Å². The Morgan fingerprint density at radius 1 is 0.964 bits per heavy atom. The van der Waals surface area contributed by atoms with Crippen LogP contribution in [-0.4, -0.2) is 56.9 Å². The molecular weight excluding hydrogens is 374 g/mol. The lowest BCUT2D eigenvalue weighted by molar-refractivity contribution is -0.118. The van der Waals surface area contributed by atoms with Crippen LogP contribution in [0.4, 0.5) is 11.4 Å². The van der Waals surface area contributed by atoms with E-state index in [0.717, 1.165) is 31.0 Å². The van der Waals surface area contributed by atoms with Gasteiger partial charge in [-0.25, -0.2) is 0 Å². The van der Waals surface area contributed by atoms with Crippen LogP contribution in [0.25, 0.3) is 0 Å². The number of carbonyl (C=O) groups is 2. The van der Waals surface area contributed by atoms with Gasteiger partial charge in [-0.1, -0.05) is 35.9 Å². The van der Waals surface area contributed by atoms with Crippen molar-refractivity contribution in [2.75, 3.05) is 50.1 Å². The van der Waals surface area contributed by atoms with Crippen molar-refractivity contribution in [3.05, 3.63) is 59.1 Å². The maximum atomic E-state index is 12.9. The fraction of sp³-hybridized carbons (Fsp3) is 0.364. The zero-order valence-electron chi connectivity index (χ0n) is 16.4. The molecule has 2 aromatic rings. The van der Waals surface area contributed by atoms with Crippen LogP contribution in [0.2, 0.25) is 5.02 Å². The molecule has 28 heavy (non-hydrogen) atoms. The van der Waals surface area contributed by atoms with Crippen molar-refractivity contribution in [1.82, 2.24) is 4.90 Å². The summed E-state index contributed by atoms with van der Waals surface area (Å²) >= 11 is 6.09. The van der Waals surface area contributed by atoms with Crippen molar-refractivity contribution in [3.63, 3.8) is 0 Å². The highest BCUT2D eigenvalue weighted by molar-refractivity contribution is 6.34. The molecule has 0 fully saturated rings. The zero-order chi connectivity index (χ0) is 20.1. The van der Waals surface area contributed by atoms with Gasteiger partial charge >= 0.3 is 0 Å². The van der Waals surface area contributed by atoms with E-state index in [1.807, 2.05) is 18.2 Å². The van der Waals surface area contributed by atoms with Gasteiger partial charge in [-0.05, 0) is 38.4 Å². The summed E-state index contributed by atoms with van der Waals surface area (Å²) in [6.45, 7) is 3.28. The van der Waals surface area contributed by atoms with Gasteiger partial charge in [0.15, 0.2) is 5.78 Å². The zero-order valence-corrected chi connectivity index (χ0v) is 17.2. The molecule has 0 radical (unpaired) electrons. The minimum absolute atomic E-state index is 0.0277. The number of nitrogens with zero attached hydrogens (tertiary/aromatic N) is 3. The number of likely N-dealkylation sites (N-methyl/N-ethyl adjacent to an activating group) is 1. The molecule has 0 saturated carbocycles. The van der Waals surface area contributed by atoms with Crippen molar-refractivity contribution >= 4 is 34.7 Å². The molecule has 0 spiro atoms. The summed E-state index contributed by atoms with van der Waals surface area (Å²) in [6, 6.07) is 14.9. The average molecular weight is 400 g/mol. The largest absolute Gasteiger partial charge is 0.367 e. The first-order chi connectivity index (χ1) is 13.5. The van der Waals surface area contributed by atoms with Crippen LogP contribution in [0.1, 0.15) is 23.2 Å². The summed E-state index contributed by atoms with van der Waals surface area (Å²) in [6.07, 6.45) is 0.335. The topological polar surface area (TPSA) is 43.9 Å². The Morgan fingerprint density at radius 2 is 1.64 bits per heavy atom. The number of halogens is 1. The molecule has 2 aromatic carbocycles. The van der Waals surface area contributed by atoms with E-state index in [0.29, 0.717) is 17.1 Å². The van der Waals surface area contributed by atoms with Gasteiger partial charge < -0.3 is 14.7 Å². The number of amides is 1. The molecule has 0 atom stereocenters. The first-order valence-corrected chi connectivity index (χ1v) is 9.92. The normalized spacial score (nSPS) is 13.6. The van der Waals surface area contributed by atoms with Gasteiger partial charge in [-0.2, -0.15) is 0 Å². The lowest BCUT2D eigenvalue weighted by Crippen LogP contribution is -2.45. The Morgan fingerprint density at radius 3 is 2.36 bits per heavy atom. The number of rotatable bonds is 7. The Labute approximate surface area is 171 Å². The summed E-state index contributed by atoms with van der Waals surface area (Å²) in [5, 5.41) is 0.430. The second kappa shape index (κ2) is 9.22. The quantitative estimate of drug-likeness (QED) is 0.665. The fourth-order valence-corrected chi connectivity index (χ4v) is 3.65. The highest BCUT2D eigenvalue weighted by Crippen LogP contribution is 2.33. The number of carbonyl (C=O) groups excluding carboxylic acids is 2. The predicted molar refractivity (Wildman–Crippen MR) is 115 cm³/mol. The molecule has 0 saturated heterocycles. The highest BCUT2D eigenvalue weighted by atomic mass is 35.5. The molecule has 148 valence electrons. The van der Waals surface area contributed by atoms with Crippen molar-refractivity contribution in [2.24, 2.45) is 0 Å². The van der Waals surface area contributed by atoms with Gasteiger partial charge in [0.1, 0.15) is 0 Å². The summed E-state index contributed by atoms with van der Waals surface area (Å²) < 4.78 is 0. The van der Waals surface area contributed by atoms with Gasteiger partial charge in [0.2, 0.25) is 5.91 Å². The minimum Gasteiger partial charge on any atom is -0.367 e. The maximum Gasteiger partial charge on any atom is 0.227 e. The van der Waals surface area contributed by atoms with Crippen LogP contribution < -0.4 is 9.80 Å². The molecule has 0 unspecified atom stereocenters. The Balaban J connectivity index is 1.67. The van der Waals surface area contributed by atoms with Crippen LogP contribution in [-0.2, 0) is 4.79 Å². The molecule has 5 nitrogen and oxygen atoms in total. The van der Waals surface area contributed by atoms with Gasteiger partial charge in [-0.3, -0.25) is 9.59 Å². The lowest BCUT2D eigenvalue weighted by Gasteiger charge is -2.38. The third-order valence-electron chi connectivity index (χ3n) is 4.97. The van der Waals surface area contributed by atoms with Gasteiger partial charge in [0, 0.05) is 44.6 Å². The minimum atomic E-state index is -0.100. The maximum absolute atomic E-state index is 12.9. The number of hydrogen-bond acceptors (Lipinski definition) is 4. The van der Waals surface area contributed by atoms with Crippen molar-refractivity contribution in [2.45, 2.75) is 12.8 Å². The molecule has 3 rings (SSSR count). The third-order valence-corrected chi connectivity index (χ3v) is 5.29. The lowest BCUT2D eigenvalue weighted by atomic mass is 10.1. The first-order valence-electron chi connectivity index (χ1n) is 9.54. The van der Waals surface area contributed by atoms with E-state index in [1.54, 1.807) is 29.2 Å². The molecule has 1 heterocycles. The standard InChI is InChI=1S/C22H26ClN3O2/c1-24(2)13-14-25-15-16-26(20-10-6-5-9-19(20)25)22(28)12-11-21(27)17-7-3-4-8-18(17)23/h3-10H,11-16H2,1-2H3. The van der Waals surface area contributed by atoms with E-state index >= 15 is 0 Å². The Kier molecular flexibility index (Phi) is 6.70. The van der Waals surface area contributed by atoms with Gasteiger partial charge in [-0.15, -0.1) is 0 Å². The van der Waals surface area contributed by atoms with Crippen molar-refractivity contribution in [3.8, 4) is 0 Å². The summed E-state index contributed by atoms with van der Waals surface area (Å²) in [5.41, 5.74) is 2.47. The Hall–Kier alpha value is -2.37. The molecule has 6 heteroatoms. The van der Waals surface area contributed by atoms with Crippen molar-refractivity contribution in [1.29, 1.82) is 0 Å². The van der Waals surface area contributed by atoms with Crippen LogP contribution in [0.3, 0.4) is 0 Å². The molecule has 0 aliphatic carbocycles. The van der Waals surface area contributed by atoms with Crippen LogP contribution in [0.5, 0.6) is 0 Å². The molecule has 0 N–H and O–H groups in total. The first kappa shape index (κ1) is 20.4. The predicted octanol–water partition coefficient (Wildman–Crippen LogP) is 3.72. The van der Waals surface area contributed by atoms with Gasteiger partial charge in [0.25, 0.3) is 0 Å². The molecular formula is C22H26ClN3O2. The summed E-state index contributed by atoms with van der Waals surface area (Å²) in [4.78, 5) is 31.6. The third kappa shape index (κ3) is 4.72. The van der Waals surface area contributed by atoms with Crippen LogP contribution in [0.15, 0.2) is 48.5 Å². The second-order valence-corrected chi connectivity index (χ2v) is 7.63.